The molecule has 3 heteroatoms. The fourth-order valence-corrected chi connectivity index (χ4v) is 1.70. The smallest absolute Gasteiger partial charge is 0.125 e. The van der Waals surface area contributed by atoms with Crippen molar-refractivity contribution in [3.05, 3.63) is 28.2 Å². The van der Waals surface area contributed by atoms with Gasteiger partial charge in [0.1, 0.15) is 5.75 Å². The van der Waals surface area contributed by atoms with E-state index in [1.54, 1.807) is 0 Å². The van der Waals surface area contributed by atoms with E-state index in [1.807, 2.05) is 25.1 Å². The lowest BCUT2D eigenvalue weighted by Gasteiger charge is -2.16. The highest BCUT2D eigenvalue weighted by molar-refractivity contribution is 9.10. The molecule has 0 aromatic heterocycles. The largest absolute Gasteiger partial charge is 0.493 e. The minimum Gasteiger partial charge on any atom is -0.493 e. The van der Waals surface area contributed by atoms with Gasteiger partial charge in [-0.25, -0.2) is 0 Å². The molecular weight excluding hydrogens is 266 g/mol. The highest BCUT2D eigenvalue weighted by Gasteiger charge is 2.09. The average molecular weight is 286 g/mol. The maximum absolute atomic E-state index is 5.91. The molecular formula is C13H20BrNO. The van der Waals surface area contributed by atoms with Gasteiger partial charge in [-0.1, -0.05) is 42.3 Å². The van der Waals surface area contributed by atoms with Crippen LogP contribution in [0.25, 0.3) is 0 Å². The molecule has 0 bridgehead atoms. The molecule has 0 heterocycles. The lowest BCUT2D eigenvalue weighted by molar-refractivity contribution is 0.253. The van der Waals surface area contributed by atoms with Crippen molar-refractivity contribution in [2.24, 2.45) is 11.7 Å². The van der Waals surface area contributed by atoms with Gasteiger partial charge in [0.25, 0.3) is 0 Å². The highest BCUT2D eigenvalue weighted by atomic mass is 79.9. The second-order valence-corrected chi connectivity index (χ2v) is 5.21. The number of nitrogens with two attached hydrogens (primary N) is 1. The second kappa shape index (κ2) is 6.26. The predicted octanol–water partition coefficient (Wildman–Crippen LogP) is 3.89. The zero-order valence-electron chi connectivity index (χ0n) is 10.2. The molecule has 2 atom stereocenters. The minimum atomic E-state index is 0.0000302. The van der Waals surface area contributed by atoms with E-state index in [1.165, 1.54) is 0 Å². The molecule has 0 aliphatic carbocycles. The van der Waals surface area contributed by atoms with Gasteiger partial charge in [0.2, 0.25) is 0 Å². The van der Waals surface area contributed by atoms with Crippen molar-refractivity contribution >= 4 is 15.9 Å². The van der Waals surface area contributed by atoms with Crippen LogP contribution < -0.4 is 10.5 Å². The van der Waals surface area contributed by atoms with Gasteiger partial charge < -0.3 is 10.5 Å². The van der Waals surface area contributed by atoms with Crippen molar-refractivity contribution in [3.8, 4) is 5.75 Å². The summed E-state index contributed by atoms with van der Waals surface area (Å²) in [5.41, 5.74) is 6.97. The van der Waals surface area contributed by atoms with Gasteiger partial charge in [-0.3, -0.25) is 0 Å². The fourth-order valence-electron chi connectivity index (χ4n) is 1.36. The van der Waals surface area contributed by atoms with Crippen molar-refractivity contribution in [1.29, 1.82) is 0 Å². The van der Waals surface area contributed by atoms with Crippen LogP contribution in [0.15, 0.2) is 22.7 Å². The van der Waals surface area contributed by atoms with Gasteiger partial charge in [0.05, 0.1) is 6.61 Å². The molecule has 0 amide bonds. The highest BCUT2D eigenvalue weighted by Crippen LogP contribution is 2.28. The van der Waals surface area contributed by atoms with Gasteiger partial charge in [-0.2, -0.15) is 0 Å². The molecule has 0 aliphatic rings. The monoisotopic (exact) mass is 285 g/mol. The molecule has 0 saturated carbocycles. The SMILES string of the molecule is CCC(C)COc1cc(Br)ccc1[C@@H](C)N. The summed E-state index contributed by atoms with van der Waals surface area (Å²) in [6.45, 7) is 7.07. The minimum absolute atomic E-state index is 0.0000302. The maximum atomic E-state index is 5.91. The number of hydrogen-bond donors (Lipinski definition) is 1. The van der Waals surface area contributed by atoms with Crippen LogP contribution in [-0.2, 0) is 0 Å². The lowest BCUT2D eigenvalue weighted by atomic mass is 10.1. The molecule has 0 radical (unpaired) electrons. The number of ether oxygens (including phenoxy) is 1. The Labute approximate surface area is 106 Å². The van der Waals surface area contributed by atoms with Gasteiger partial charge >= 0.3 is 0 Å². The molecule has 0 saturated heterocycles. The van der Waals surface area contributed by atoms with Crippen LogP contribution >= 0.6 is 15.9 Å². The van der Waals surface area contributed by atoms with Gasteiger partial charge in [-0.05, 0) is 25.0 Å². The third-order valence-electron chi connectivity index (χ3n) is 2.69. The van der Waals surface area contributed by atoms with Crippen LogP contribution in [0, 0.1) is 5.92 Å². The van der Waals surface area contributed by atoms with E-state index in [4.69, 9.17) is 10.5 Å². The van der Waals surface area contributed by atoms with Crippen LogP contribution in [0.5, 0.6) is 5.75 Å². The van der Waals surface area contributed by atoms with Gasteiger partial charge in [0, 0.05) is 16.1 Å². The quantitative estimate of drug-likeness (QED) is 0.891. The first-order chi connectivity index (χ1) is 7.54. The van der Waals surface area contributed by atoms with Crippen LogP contribution in [0.2, 0.25) is 0 Å². The van der Waals surface area contributed by atoms with E-state index in [0.29, 0.717) is 5.92 Å². The summed E-state index contributed by atoms with van der Waals surface area (Å²) in [5.74, 6) is 1.46. The Morgan fingerprint density at radius 1 is 1.38 bits per heavy atom. The number of halogens is 1. The Morgan fingerprint density at radius 3 is 2.62 bits per heavy atom. The Bertz CT molecular complexity index is 339. The topological polar surface area (TPSA) is 35.2 Å². The summed E-state index contributed by atoms with van der Waals surface area (Å²) in [6.07, 6.45) is 1.13. The first-order valence-corrected chi connectivity index (χ1v) is 6.51. The standard InChI is InChI=1S/C13H20BrNO/c1-4-9(2)8-16-13-7-11(14)5-6-12(13)10(3)15/h5-7,9-10H,4,8,15H2,1-3H3/t9?,10-/m1/s1. The Morgan fingerprint density at radius 2 is 2.06 bits per heavy atom. The van der Waals surface area contributed by atoms with Crippen molar-refractivity contribution in [3.63, 3.8) is 0 Å². The normalized spacial score (nSPS) is 14.6. The zero-order valence-corrected chi connectivity index (χ0v) is 11.8. The summed E-state index contributed by atoms with van der Waals surface area (Å²) < 4.78 is 6.85. The molecule has 0 fully saturated rings. The molecule has 0 spiro atoms. The van der Waals surface area contributed by atoms with E-state index < -0.39 is 0 Å². The molecule has 1 rings (SSSR count). The van der Waals surface area contributed by atoms with E-state index in [2.05, 4.69) is 29.8 Å². The van der Waals surface area contributed by atoms with E-state index >= 15 is 0 Å². The Kier molecular flexibility index (Phi) is 5.29. The fraction of sp³-hybridized carbons (Fsp3) is 0.538. The van der Waals surface area contributed by atoms with E-state index in [0.717, 1.165) is 28.8 Å². The van der Waals surface area contributed by atoms with Crippen LogP contribution in [0.3, 0.4) is 0 Å². The summed E-state index contributed by atoms with van der Waals surface area (Å²) in [7, 11) is 0. The van der Waals surface area contributed by atoms with Crippen molar-refractivity contribution in [2.75, 3.05) is 6.61 Å². The molecule has 16 heavy (non-hydrogen) atoms. The van der Waals surface area contributed by atoms with Crippen molar-refractivity contribution in [2.45, 2.75) is 33.2 Å². The van der Waals surface area contributed by atoms with Crippen LogP contribution in [0.1, 0.15) is 38.8 Å². The zero-order chi connectivity index (χ0) is 12.1. The Hall–Kier alpha value is -0.540. The number of hydrogen-bond acceptors (Lipinski definition) is 2. The first kappa shape index (κ1) is 13.5. The summed E-state index contributed by atoms with van der Waals surface area (Å²) >= 11 is 3.45. The second-order valence-electron chi connectivity index (χ2n) is 4.30. The maximum Gasteiger partial charge on any atom is 0.125 e. The van der Waals surface area contributed by atoms with Crippen LogP contribution in [-0.4, -0.2) is 6.61 Å². The Balaban J connectivity index is 2.80. The molecule has 90 valence electrons. The third-order valence-corrected chi connectivity index (χ3v) is 3.18. The molecule has 2 N–H and O–H groups in total. The molecule has 1 aromatic rings. The van der Waals surface area contributed by atoms with E-state index in [-0.39, 0.29) is 6.04 Å². The van der Waals surface area contributed by atoms with E-state index in [9.17, 15) is 0 Å². The molecule has 2 nitrogen and oxygen atoms in total. The first-order valence-electron chi connectivity index (χ1n) is 5.72. The summed E-state index contributed by atoms with van der Waals surface area (Å²) in [5, 5.41) is 0. The number of rotatable bonds is 5. The lowest BCUT2D eigenvalue weighted by Crippen LogP contribution is -2.12. The van der Waals surface area contributed by atoms with Crippen molar-refractivity contribution < 1.29 is 4.74 Å². The summed E-state index contributed by atoms with van der Waals surface area (Å²) in [6, 6.07) is 6.00. The third kappa shape index (κ3) is 3.80. The van der Waals surface area contributed by atoms with Crippen LogP contribution in [0.4, 0.5) is 0 Å². The molecule has 1 unspecified atom stereocenters. The summed E-state index contributed by atoms with van der Waals surface area (Å²) in [4.78, 5) is 0. The predicted molar refractivity (Wildman–Crippen MR) is 71.7 cm³/mol. The number of benzene rings is 1. The molecule has 0 aliphatic heterocycles. The van der Waals surface area contributed by atoms with Gasteiger partial charge in [-0.15, -0.1) is 0 Å². The average Bonchev–Trinajstić information content (AvgIpc) is 2.25. The van der Waals surface area contributed by atoms with Crippen molar-refractivity contribution in [1.82, 2.24) is 0 Å². The molecule has 1 aromatic carbocycles. The van der Waals surface area contributed by atoms with Gasteiger partial charge in [0.15, 0.2) is 0 Å².